The highest BCUT2D eigenvalue weighted by atomic mass is 16.5. The van der Waals surface area contributed by atoms with Crippen LogP contribution < -0.4 is 10.6 Å². The van der Waals surface area contributed by atoms with Crippen LogP contribution in [-0.2, 0) is 11.2 Å². The van der Waals surface area contributed by atoms with Crippen LogP contribution in [0, 0.1) is 6.92 Å². The molecule has 29 heavy (non-hydrogen) atoms. The van der Waals surface area contributed by atoms with Crippen LogP contribution in [0.3, 0.4) is 0 Å². The number of nitrogens with zero attached hydrogens (tertiary/aromatic N) is 2. The minimum absolute atomic E-state index is 0.249. The number of benzene rings is 2. The average molecular weight is 390 g/mol. The second kappa shape index (κ2) is 8.97. The second-order valence-electron chi connectivity index (χ2n) is 6.40. The smallest absolute Gasteiger partial charge is 0.337 e. The molecule has 0 spiro atoms. The maximum atomic E-state index is 12.7. The van der Waals surface area contributed by atoms with E-state index in [1.54, 1.807) is 30.3 Å². The molecule has 7 heteroatoms. The van der Waals surface area contributed by atoms with Crippen LogP contribution in [0.15, 0.2) is 54.9 Å². The van der Waals surface area contributed by atoms with Gasteiger partial charge in [-0.25, -0.2) is 14.8 Å². The van der Waals surface area contributed by atoms with E-state index >= 15 is 0 Å². The number of nitrogens with one attached hydrogen (secondary N) is 2. The van der Waals surface area contributed by atoms with Gasteiger partial charge in [-0.1, -0.05) is 25.1 Å². The number of carbonyl (C=O) groups is 2. The standard InChI is InChI=1S/C22H22N4O3/c1-4-15-7-5-6-14(2)20(15)26-21(27)18-12-19(24-13-23-18)25-17-10-8-16(9-11-17)22(28)29-3/h5-13H,4H2,1-3H3,(H,26,27)(H,23,24,25). The van der Waals surface area contributed by atoms with Crippen molar-refractivity contribution < 1.29 is 14.3 Å². The summed E-state index contributed by atoms with van der Waals surface area (Å²) in [7, 11) is 1.34. The van der Waals surface area contributed by atoms with Crippen LogP contribution >= 0.6 is 0 Å². The van der Waals surface area contributed by atoms with Gasteiger partial charge in [-0.2, -0.15) is 0 Å². The molecule has 7 nitrogen and oxygen atoms in total. The third-order valence-electron chi connectivity index (χ3n) is 4.46. The van der Waals surface area contributed by atoms with E-state index in [9.17, 15) is 9.59 Å². The van der Waals surface area contributed by atoms with Crippen molar-refractivity contribution in [1.29, 1.82) is 0 Å². The molecule has 3 rings (SSSR count). The van der Waals surface area contributed by atoms with Crippen LogP contribution in [0.2, 0.25) is 0 Å². The van der Waals surface area contributed by atoms with E-state index in [2.05, 4.69) is 25.3 Å². The molecule has 0 saturated carbocycles. The minimum Gasteiger partial charge on any atom is -0.465 e. The molecule has 0 saturated heterocycles. The molecule has 148 valence electrons. The van der Waals surface area contributed by atoms with Crippen LogP contribution in [-0.4, -0.2) is 29.0 Å². The summed E-state index contributed by atoms with van der Waals surface area (Å²) in [5, 5.41) is 6.05. The molecule has 0 aliphatic heterocycles. The van der Waals surface area contributed by atoms with Crippen molar-refractivity contribution in [3.63, 3.8) is 0 Å². The number of para-hydroxylation sites is 1. The fraction of sp³-hybridized carbons (Fsp3) is 0.182. The monoisotopic (exact) mass is 390 g/mol. The molecular weight excluding hydrogens is 368 g/mol. The van der Waals surface area contributed by atoms with Gasteiger partial charge in [0.1, 0.15) is 17.8 Å². The molecule has 1 heterocycles. The maximum Gasteiger partial charge on any atom is 0.337 e. The highest BCUT2D eigenvalue weighted by Crippen LogP contribution is 2.22. The lowest BCUT2D eigenvalue weighted by Crippen LogP contribution is -2.16. The number of rotatable bonds is 6. The van der Waals surface area contributed by atoms with Crippen LogP contribution in [0.25, 0.3) is 0 Å². The van der Waals surface area contributed by atoms with Gasteiger partial charge in [0.2, 0.25) is 0 Å². The van der Waals surface area contributed by atoms with E-state index in [1.807, 2.05) is 32.0 Å². The average Bonchev–Trinajstić information content (AvgIpc) is 2.75. The summed E-state index contributed by atoms with van der Waals surface area (Å²) in [5.41, 5.74) is 4.29. The first-order valence-electron chi connectivity index (χ1n) is 9.19. The first kappa shape index (κ1) is 20.0. The zero-order valence-corrected chi connectivity index (χ0v) is 16.5. The predicted molar refractivity (Wildman–Crippen MR) is 112 cm³/mol. The largest absolute Gasteiger partial charge is 0.465 e. The van der Waals surface area contributed by atoms with Crippen LogP contribution in [0.5, 0.6) is 0 Å². The van der Waals surface area contributed by atoms with E-state index in [-0.39, 0.29) is 11.6 Å². The maximum absolute atomic E-state index is 12.7. The number of amides is 1. The number of carbonyl (C=O) groups excluding carboxylic acids is 2. The molecule has 0 aliphatic carbocycles. The lowest BCUT2D eigenvalue weighted by atomic mass is 10.1. The number of hydrogen-bond donors (Lipinski definition) is 2. The molecule has 3 aromatic rings. The number of aromatic nitrogens is 2. The minimum atomic E-state index is -0.403. The lowest BCUT2D eigenvalue weighted by Gasteiger charge is -2.13. The molecule has 2 aromatic carbocycles. The van der Waals surface area contributed by atoms with Crippen LogP contribution in [0.1, 0.15) is 38.9 Å². The van der Waals surface area contributed by atoms with Gasteiger partial charge in [0.15, 0.2) is 0 Å². The predicted octanol–water partition coefficient (Wildman–Crippen LogP) is 4.13. The van der Waals surface area contributed by atoms with Gasteiger partial charge in [0, 0.05) is 17.4 Å². The highest BCUT2D eigenvalue weighted by molar-refractivity contribution is 6.04. The number of aryl methyl sites for hydroxylation is 2. The normalized spacial score (nSPS) is 10.3. The number of esters is 1. The van der Waals surface area contributed by atoms with Gasteiger partial charge < -0.3 is 15.4 Å². The lowest BCUT2D eigenvalue weighted by molar-refractivity contribution is 0.0600. The molecule has 0 aliphatic rings. The van der Waals surface area contributed by atoms with E-state index in [0.717, 1.165) is 28.9 Å². The molecule has 0 fully saturated rings. The summed E-state index contributed by atoms with van der Waals surface area (Å²) in [5.74, 6) is -0.239. The molecule has 0 unspecified atom stereocenters. The van der Waals surface area contributed by atoms with Gasteiger partial charge in [-0.3, -0.25) is 4.79 Å². The first-order chi connectivity index (χ1) is 14.0. The SMILES string of the molecule is CCc1cccc(C)c1NC(=O)c1cc(Nc2ccc(C(=O)OC)cc2)ncn1. The molecule has 0 radical (unpaired) electrons. The topological polar surface area (TPSA) is 93.2 Å². The number of methoxy groups -OCH3 is 1. The number of anilines is 3. The Hall–Kier alpha value is -3.74. The van der Waals surface area contributed by atoms with E-state index < -0.39 is 5.97 Å². The summed E-state index contributed by atoms with van der Waals surface area (Å²) in [6, 6.07) is 14.3. The Bertz CT molecular complexity index is 1030. The first-order valence-corrected chi connectivity index (χ1v) is 9.19. The van der Waals surface area contributed by atoms with Gasteiger partial charge in [0.25, 0.3) is 5.91 Å². The number of ether oxygens (including phenoxy) is 1. The summed E-state index contributed by atoms with van der Waals surface area (Å²) in [6.45, 7) is 4.00. The summed E-state index contributed by atoms with van der Waals surface area (Å²) >= 11 is 0. The van der Waals surface area contributed by atoms with Gasteiger partial charge in [-0.05, 0) is 48.7 Å². The van der Waals surface area contributed by atoms with Gasteiger partial charge in [-0.15, -0.1) is 0 Å². The third-order valence-corrected chi connectivity index (χ3v) is 4.46. The van der Waals surface area contributed by atoms with Crippen molar-refractivity contribution >= 4 is 29.1 Å². The van der Waals surface area contributed by atoms with Crippen LogP contribution in [0.4, 0.5) is 17.2 Å². The van der Waals surface area contributed by atoms with Gasteiger partial charge in [0.05, 0.1) is 12.7 Å². The summed E-state index contributed by atoms with van der Waals surface area (Å²) in [6.07, 6.45) is 2.15. The van der Waals surface area contributed by atoms with Crippen molar-refractivity contribution in [2.24, 2.45) is 0 Å². The Morgan fingerprint density at radius 2 is 1.83 bits per heavy atom. The fourth-order valence-corrected chi connectivity index (χ4v) is 2.88. The zero-order valence-electron chi connectivity index (χ0n) is 16.5. The molecule has 2 N–H and O–H groups in total. The quantitative estimate of drug-likeness (QED) is 0.615. The second-order valence-corrected chi connectivity index (χ2v) is 6.40. The van der Waals surface area contributed by atoms with Crippen molar-refractivity contribution in [3.05, 3.63) is 77.2 Å². The fourth-order valence-electron chi connectivity index (χ4n) is 2.88. The molecule has 0 atom stereocenters. The highest BCUT2D eigenvalue weighted by Gasteiger charge is 2.13. The molecular formula is C22H22N4O3. The third kappa shape index (κ3) is 4.76. The summed E-state index contributed by atoms with van der Waals surface area (Å²) in [4.78, 5) is 32.5. The Kier molecular flexibility index (Phi) is 6.19. The van der Waals surface area contributed by atoms with Crippen molar-refractivity contribution in [2.75, 3.05) is 17.7 Å². The Morgan fingerprint density at radius 3 is 2.52 bits per heavy atom. The summed E-state index contributed by atoms with van der Waals surface area (Å²) < 4.78 is 4.69. The van der Waals surface area contributed by atoms with E-state index in [4.69, 9.17) is 0 Å². The molecule has 1 amide bonds. The molecule has 0 bridgehead atoms. The van der Waals surface area contributed by atoms with Crippen molar-refractivity contribution in [3.8, 4) is 0 Å². The van der Waals surface area contributed by atoms with E-state index in [0.29, 0.717) is 11.4 Å². The Balaban J connectivity index is 1.76. The van der Waals surface area contributed by atoms with Crippen molar-refractivity contribution in [2.45, 2.75) is 20.3 Å². The number of hydrogen-bond acceptors (Lipinski definition) is 6. The Morgan fingerprint density at radius 1 is 1.07 bits per heavy atom. The van der Waals surface area contributed by atoms with E-state index in [1.165, 1.54) is 13.4 Å². The zero-order chi connectivity index (χ0) is 20.8. The molecule has 1 aromatic heterocycles. The Labute approximate surface area is 169 Å². The van der Waals surface area contributed by atoms with Crippen molar-refractivity contribution in [1.82, 2.24) is 9.97 Å². The van der Waals surface area contributed by atoms with Gasteiger partial charge >= 0.3 is 5.97 Å².